The number of rotatable bonds is 4. The van der Waals surface area contributed by atoms with Crippen LogP contribution in [0.15, 0.2) is 30.3 Å². The highest BCUT2D eigenvalue weighted by molar-refractivity contribution is 7.15. The van der Waals surface area contributed by atoms with Crippen molar-refractivity contribution in [3.63, 3.8) is 0 Å². The van der Waals surface area contributed by atoms with Crippen molar-refractivity contribution in [1.82, 2.24) is 0 Å². The van der Waals surface area contributed by atoms with Crippen LogP contribution in [0.4, 0.5) is 0 Å². The normalized spacial score (nSPS) is 10.8. The zero-order valence-corrected chi connectivity index (χ0v) is 11.3. The second-order valence-electron chi connectivity index (χ2n) is 4.16. The molecule has 2 aromatic rings. The van der Waals surface area contributed by atoms with Crippen molar-refractivity contribution < 1.29 is 0 Å². The van der Waals surface area contributed by atoms with Crippen LogP contribution in [-0.4, -0.2) is 0 Å². The fourth-order valence-electron chi connectivity index (χ4n) is 2.10. The molecule has 1 nitrogen and oxygen atoms in total. The Morgan fingerprint density at radius 1 is 1.00 bits per heavy atom. The Balaban J connectivity index is 2.38. The molecule has 0 fully saturated rings. The molecular formula is C15H19NS. The van der Waals surface area contributed by atoms with Crippen LogP contribution in [0.2, 0.25) is 0 Å². The smallest absolute Gasteiger partial charge is 0.0346 e. The van der Waals surface area contributed by atoms with Crippen LogP contribution in [0.25, 0.3) is 10.4 Å². The Kier molecular flexibility index (Phi) is 3.97. The fraction of sp³-hybridized carbons (Fsp3) is 0.333. The number of thiophene rings is 1. The van der Waals surface area contributed by atoms with E-state index in [-0.39, 0.29) is 0 Å². The zero-order valence-electron chi connectivity index (χ0n) is 10.5. The Morgan fingerprint density at radius 3 is 2.35 bits per heavy atom. The minimum absolute atomic E-state index is 0.637. The van der Waals surface area contributed by atoms with Crippen molar-refractivity contribution in [3.05, 3.63) is 46.3 Å². The molecule has 0 unspecified atom stereocenters. The van der Waals surface area contributed by atoms with Gasteiger partial charge in [0.05, 0.1) is 0 Å². The molecule has 0 radical (unpaired) electrons. The molecule has 1 aromatic heterocycles. The van der Waals surface area contributed by atoms with E-state index in [2.05, 4.69) is 44.2 Å². The van der Waals surface area contributed by atoms with Crippen LogP contribution in [0.3, 0.4) is 0 Å². The lowest BCUT2D eigenvalue weighted by Crippen LogP contribution is -1.91. The molecule has 0 bridgehead atoms. The predicted molar refractivity (Wildman–Crippen MR) is 76.4 cm³/mol. The lowest BCUT2D eigenvalue weighted by molar-refractivity contribution is 1.04. The van der Waals surface area contributed by atoms with Crippen molar-refractivity contribution >= 4 is 11.3 Å². The third-order valence-corrected chi connectivity index (χ3v) is 4.27. The van der Waals surface area contributed by atoms with Gasteiger partial charge in [0, 0.05) is 16.3 Å². The summed E-state index contributed by atoms with van der Waals surface area (Å²) in [6.45, 7) is 5.07. The molecule has 1 heterocycles. The van der Waals surface area contributed by atoms with Crippen molar-refractivity contribution in [2.45, 2.75) is 33.2 Å². The van der Waals surface area contributed by atoms with Crippen LogP contribution in [0, 0.1) is 0 Å². The van der Waals surface area contributed by atoms with Gasteiger partial charge in [0.25, 0.3) is 0 Å². The minimum Gasteiger partial charge on any atom is -0.326 e. The molecular weight excluding hydrogens is 226 g/mol. The van der Waals surface area contributed by atoms with E-state index in [1.165, 1.54) is 26.4 Å². The third kappa shape index (κ3) is 2.59. The van der Waals surface area contributed by atoms with Crippen molar-refractivity contribution in [2.24, 2.45) is 5.73 Å². The molecule has 0 aliphatic carbocycles. The molecule has 0 saturated carbocycles. The molecule has 90 valence electrons. The van der Waals surface area contributed by atoms with Crippen LogP contribution >= 0.6 is 11.3 Å². The summed E-state index contributed by atoms with van der Waals surface area (Å²) in [5.74, 6) is 0. The van der Waals surface area contributed by atoms with Gasteiger partial charge < -0.3 is 5.73 Å². The lowest BCUT2D eigenvalue weighted by Gasteiger charge is -2.07. The maximum atomic E-state index is 5.65. The Labute approximate surface area is 107 Å². The summed E-state index contributed by atoms with van der Waals surface area (Å²) in [4.78, 5) is 2.57. The Bertz CT molecular complexity index is 499. The molecule has 17 heavy (non-hydrogen) atoms. The summed E-state index contributed by atoms with van der Waals surface area (Å²) >= 11 is 1.79. The standard InChI is InChI=1S/C15H19NS/c1-3-11-5-6-13(9-12(11)4-2)15-8-7-14(10-16)17-15/h5-9H,3-4,10,16H2,1-2H3. The molecule has 0 atom stereocenters. The van der Waals surface area contributed by atoms with Gasteiger partial charge in [-0.25, -0.2) is 0 Å². The maximum absolute atomic E-state index is 5.65. The van der Waals surface area contributed by atoms with E-state index in [1.54, 1.807) is 11.3 Å². The van der Waals surface area contributed by atoms with Gasteiger partial charge in [-0.05, 0) is 41.7 Å². The van der Waals surface area contributed by atoms with E-state index < -0.39 is 0 Å². The summed E-state index contributed by atoms with van der Waals surface area (Å²) in [7, 11) is 0. The molecule has 0 aliphatic rings. The van der Waals surface area contributed by atoms with E-state index in [1.807, 2.05) is 0 Å². The van der Waals surface area contributed by atoms with Crippen LogP contribution in [0.1, 0.15) is 29.9 Å². The molecule has 2 heteroatoms. The first kappa shape index (κ1) is 12.3. The van der Waals surface area contributed by atoms with Gasteiger partial charge in [0.15, 0.2) is 0 Å². The molecule has 0 amide bonds. The van der Waals surface area contributed by atoms with Crippen LogP contribution < -0.4 is 5.73 Å². The topological polar surface area (TPSA) is 26.0 Å². The number of hydrogen-bond acceptors (Lipinski definition) is 2. The van der Waals surface area contributed by atoms with Gasteiger partial charge in [-0.15, -0.1) is 11.3 Å². The summed E-state index contributed by atoms with van der Waals surface area (Å²) in [6.07, 6.45) is 2.22. The predicted octanol–water partition coefficient (Wildman–Crippen LogP) is 4.00. The van der Waals surface area contributed by atoms with Gasteiger partial charge >= 0.3 is 0 Å². The van der Waals surface area contributed by atoms with E-state index in [0.29, 0.717) is 6.54 Å². The highest BCUT2D eigenvalue weighted by Crippen LogP contribution is 2.29. The highest BCUT2D eigenvalue weighted by Gasteiger charge is 2.05. The van der Waals surface area contributed by atoms with Gasteiger partial charge in [-0.2, -0.15) is 0 Å². The molecule has 0 saturated heterocycles. The first-order valence-corrected chi connectivity index (χ1v) is 7.01. The number of nitrogens with two attached hydrogens (primary N) is 1. The van der Waals surface area contributed by atoms with E-state index in [0.717, 1.165) is 12.8 Å². The maximum Gasteiger partial charge on any atom is 0.0346 e. The van der Waals surface area contributed by atoms with Crippen molar-refractivity contribution in [1.29, 1.82) is 0 Å². The van der Waals surface area contributed by atoms with Crippen LogP contribution in [0.5, 0.6) is 0 Å². The monoisotopic (exact) mass is 245 g/mol. The summed E-state index contributed by atoms with van der Waals surface area (Å²) in [6, 6.07) is 11.1. The van der Waals surface area contributed by atoms with Gasteiger partial charge in [0.2, 0.25) is 0 Å². The van der Waals surface area contributed by atoms with E-state index >= 15 is 0 Å². The van der Waals surface area contributed by atoms with Crippen LogP contribution in [-0.2, 0) is 19.4 Å². The van der Waals surface area contributed by atoms with Gasteiger partial charge in [0.1, 0.15) is 0 Å². The molecule has 2 rings (SSSR count). The second kappa shape index (κ2) is 5.48. The minimum atomic E-state index is 0.637. The molecule has 1 aromatic carbocycles. The Hall–Kier alpha value is -1.12. The average molecular weight is 245 g/mol. The third-order valence-electron chi connectivity index (χ3n) is 3.12. The quantitative estimate of drug-likeness (QED) is 0.865. The van der Waals surface area contributed by atoms with E-state index in [9.17, 15) is 0 Å². The summed E-state index contributed by atoms with van der Waals surface area (Å²) in [5.41, 5.74) is 9.91. The molecule has 2 N–H and O–H groups in total. The summed E-state index contributed by atoms with van der Waals surface area (Å²) in [5, 5.41) is 0. The number of aryl methyl sites for hydroxylation is 2. The first-order valence-electron chi connectivity index (χ1n) is 6.19. The van der Waals surface area contributed by atoms with Gasteiger partial charge in [-0.1, -0.05) is 32.0 Å². The molecule has 0 spiro atoms. The van der Waals surface area contributed by atoms with Crippen molar-refractivity contribution in [2.75, 3.05) is 0 Å². The Morgan fingerprint density at radius 2 is 1.76 bits per heavy atom. The van der Waals surface area contributed by atoms with Crippen molar-refractivity contribution in [3.8, 4) is 10.4 Å². The first-order chi connectivity index (χ1) is 8.28. The SMILES string of the molecule is CCc1ccc(-c2ccc(CN)s2)cc1CC. The summed E-state index contributed by atoms with van der Waals surface area (Å²) < 4.78 is 0. The largest absolute Gasteiger partial charge is 0.326 e. The average Bonchev–Trinajstić information content (AvgIpc) is 2.86. The number of hydrogen-bond donors (Lipinski definition) is 1. The fourth-order valence-corrected chi connectivity index (χ4v) is 2.98. The van der Waals surface area contributed by atoms with E-state index in [4.69, 9.17) is 5.73 Å². The number of benzene rings is 1. The lowest BCUT2D eigenvalue weighted by atomic mass is 9.99. The van der Waals surface area contributed by atoms with Gasteiger partial charge in [-0.3, -0.25) is 0 Å². The second-order valence-corrected chi connectivity index (χ2v) is 5.33. The highest BCUT2D eigenvalue weighted by atomic mass is 32.1. The zero-order chi connectivity index (χ0) is 12.3. The molecule has 0 aliphatic heterocycles.